The number of aromatic nitrogens is 2. The van der Waals surface area contributed by atoms with Gasteiger partial charge < -0.3 is 0 Å². The molecule has 0 atom stereocenters. The molecule has 0 amide bonds. The number of nitrogens with zero attached hydrogens (tertiary/aromatic N) is 2. The van der Waals surface area contributed by atoms with Crippen molar-refractivity contribution >= 4 is 10.9 Å². The van der Waals surface area contributed by atoms with E-state index in [1.165, 1.54) is 12.1 Å². The minimum atomic E-state index is -4.44. The van der Waals surface area contributed by atoms with E-state index in [2.05, 4.69) is 10.2 Å². The number of halogens is 3. The highest BCUT2D eigenvalue weighted by Gasteiger charge is 2.33. The molecular weight excluding hydrogens is 219 g/mol. The molecule has 0 aliphatic carbocycles. The van der Waals surface area contributed by atoms with Crippen molar-refractivity contribution in [2.75, 3.05) is 0 Å². The lowest BCUT2D eigenvalue weighted by Gasteiger charge is -2.07. The van der Waals surface area contributed by atoms with Gasteiger partial charge >= 0.3 is 6.18 Å². The van der Waals surface area contributed by atoms with Gasteiger partial charge in [0.15, 0.2) is 0 Å². The summed E-state index contributed by atoms with van der Waals surface area (Å²) in [6.45, 7) is 0. The van der Waals surface area contributed by atoms with Gasteiger partial charge in [-0.3, -0.25) is 5.10 Å². The third-order valence-electron chi connectivity index (χ3n) is 2.22. The summed E-state index contributed by atoms with van der Waals surface area (Å²) in [6, 6.07) is 5.56. The molecule has 1 N–H and O–H groups in total. The molecule has 0 spiro atoms. The van der Waals surface area contributed by atoms with Gasteiger partial charge in [-0.15, -0.1) is 0 Å². The van der Waals surface area contributed by atoms with E-state index >= 15 is 0 Å². The highest BCUT2D eigenvalue weighted by atomic mass is 19.4. The van der Waals surface area contributed by atoms with Gasteiger partial charge in [-0.1, -0.05) is 6.07 Å². The molecule has 2 aromatic rings. The van der Waals surface area contributed by atoms with Crippen LogP contribution in [0.3, 0.4) is 0 Å². The van der Waals surface area contributed by atoms with Crippen molar-refractivity contribution in [2.45, 2.75) is 12.6 Å². The second-order valence-electron chi connectivity index (χ2n) is 3.23. The summed E-state index contributed by atoms with van der Waals surface area (Å²) in [6.07, 6.45) is -4.56. The van der Waals surface area contributed by atoms with Gasteiger partial charge in [-0.25, -0.2) is 0 Å². The van der Waals surface area contributed by atoms with Crippen LogP contribution in [-0.4, -0.2) is 10.2 Å². The van der Waals surface area contributed by atoms with Crippen LogP contribution in [0.2, 0.25) is 0 Å². The standard InChI is InChI=1S/C10H6F3N3/c11-10(12,13)6-2-1-3-7-9(6)8(4-5-14)16-15-7/h1-3H,4H2,(H,15,16). The number of aromatic amines is 1. The molecule has 0 aliphatic rings. The molecule has 0 aliphatic heterocycles. The van der Waals surface area contributed by atoms with Gasteiger partial charge in [0, 0.05) is 5.39 Å². The minimum Gasteiger partial charge on any atom is -0.280 e. The Bertz CT molecular complexity index is 563. The summed E-state index contributed by atoms with van der Waals surface area (Å²) in [5.41, 5.74) is -0.338. The molecule has 0 unspecified atom stereocenters. The van der Waals surface area contributed by atoms with Crippen LogP contribution in [-0.2, 0) is 12.6 Å². The molecule has 0 radical (unpaired) electrons. The van der Waals surface area contributed by atoms with Crippen LogP contribution in [0.25, 0.3) is 10.9 Å². The molecule has 0 saturated heterocycles. The number of H-pyrrole nitrogens is 1. The number of rotatable bonds is 1. The van der Waals surface area contributed by atoms with Crippen LogP contribution in [0.15, 0.2) is 18.2 Å². The number of fused-ring (bicyclic) bond motifs is 1. The fourth-order valence-electron chi connectivity index (χ4n) is 1.58. The zero-order valence-corrected chi connectivity index (χ0v) is 7.97. The van der Waals surface area contributed by atoms with Gasteiger partial charge in [0.05, 0.1) is 29.3 Å². The van der Waals surface area contributed by atoms with Crippen LogP contribution in [0, 0.1) is 11.3 Å². The SMILES string of the molecule is N#CCc1[nH]nc2cccc(C(F)(F)F)c12. The average molecular weight is 225 g/mol. The molecule has 0 fully saturated rings. The Hall–Kier alpha value is -2.03. The molecule has 2 rings (SSSR count). The van der Waals surface area contributed by atoms with Crippen LogP contribution in [0.1, 0.15) is 11.3 Å². The fourth-order valence-corrected chi connectivity index (χ4v) is 1.58. The molecule has 1 heterocycles. The number of alkyl halides is 3. The first-order valence-electron chi connectivity index (χ1n) is 4.44. The normalized spacial score (nSPS) is 11.6. The second kappa shape index (κ2) is 3.52. The average Bonchev–Trinajstić information content (AvgIpc) is 2.61. The minimum absolute atomic E-state index is 0.0171. The number of nitriles is 1. The molecule has 1 aromatic carbocycles. The van der Waals surface area contributed by atoms with Gasteiger partial charge in [0.2, 0.25) is 0 Å². The lowest BCUT2D eigenvalue weighted by atomic mass is 10.1. The predicted molar refractivity (Wildman–Crippen MR) is 50.4 cm³/mol. The molecule has 3 nitrogen and oxygen atoms in total. The van der Waals surface area contributed by atoms with Crippen LogP contribution in [0.5, 0.6) is 0 Å². The van der Waals surface area contributed by atoms with E-state index in [9.17, 15) is 13.2 Å². The highest BCUT2D eigenvalue weighted by molar-refractivity contribution is 5.85. The zero-order valence-electron chi connectivity index (χ0n) is 7.97. The number of hydrogen-bond donors (Lipinski definition) is 1. The van der Waals surface area contributed by atoms with Gasteiger partial charge in [0.25, 0.3) is 0 Å². The molecule has 82 valence electrons. The summed E-state index contributed by atoms with van der Waals surface area (Å²) in [7, 11) is 0. The summed E-state index contributed by atoms with van der Waals surface area (Å²) in [5, 5.41) is 14.7. The predicted octanol–water partition coefficient (Wildman–Crippen LogP) is 2.65. The van der Waals surface area contributed by atoms with Crippen molar-refractivity contribution in [1.29, 1.82) is 5.26 Å². The van der Waals surface area contributed by atoms with Crippen molar-refractivity contribution in [1.82, 2.24) is 10.2 Å². The van der Waals surface area contributed by atoms with Gasteiger partial charge in [-0.05, 0) is 12.1 Å². The molecule has 0 saturated carbocycles. The van der Waals surface area contributed by atoms with E-state index in [-0.39, 0.29) is 23.0 Å². The Labute approximate surface area is 88.5 Å². The van der Waals surface area contributed by atoms with Gasteiger partial charge in [-0.2, -0.15) is 23.5 Å². The van der Waals surface area contributed by atoms with E-state index in [1.807, 2.05) is 0 Å². The quantitative estimate of drug-likeness (QED) is 0.811. The van der Waals surface area contributed by atoms with Crippen molar-refractivity contribution in [3.63, 3.8) is 0 Å². The first kappa shape index (κ1) is 10.5. The van der Waals surface area contributed by atoms with E-state index in [1.54, 1.807) is 6.07 Å². The Kier molecular flexibility index (Phi) is 2.31. The number of nitrogens with one attached hydrogen (secondary N) is 1. The third-order valence-corrected chi connectivity index (χ3v) is 2.22. The van der Waals surface area contributed by atoms with Crippen molar-refractivity contribution in [3.8, 4) is 6.07 Å². The second-order valence-corrected chi connectivity index (χ2v) is 3.23. The van der Waals surface area contributed by atoms with Crippen molar-refractivity contribution < 1.29 is 13.2 Å². The van der Waals surface area contributed by atoms with Crippen LogP contribution < -0.4 is 0 Å². The Morgan fingerprint density at radius 2 is 2.12 bits per heavy atom. The topological polar surface area (TPSA) is 52.5 Å². The lowest BCUT2D eigenvalue weighted by molar-refractivity contribution is -0.136. The maximum atomic E-state index is 12.7. The third kappa shape index (κ3) is 1.60. The first-order valence-corrected chi connectivity index (χ1v) is 4.44. The molecular formula is C10H6F3N3. The van der Waals surface area contributed by atoms with Gasteiger partial charge in [0.1, 0.15) is 0 Å². The summed E-state index contributed by atoms with van der Waals surface area (Å²) < 4.78 is 38.1. The number of benzene rings is 1. The van der Waals surface area contributed by atoms with Crippen molar-refractivity contribution in [2.24, 2.45) is 0 Å². The molecule has 16 heavy (non-hydrogen) atoms. The lowest BCUT2D eigenvalue weighted by Crippen LogP contribution is -2.05. The van der Waals surface area contributed by atoms with Crippen LogP contribution >= 0.6 is 0 Å². The first-order chi connectivity index (χ1) is 7.54. The Morgan fingerprint density at radius 1 is 1.38 bits per heavy atom. The Morgan fingerprint density at radius 3 is 2.75 bits per heavy atom. The van der Waals surface area contributed by atoms with Crippen LogP contribution in [0.4, 0.5) is 13.2 Å². The molecule has 0 bridgehead atoms. The fraction of sp³-hybridized carbons (Fsp3) is 0.200. The monoisotopic (exact) mass is 225 g/mol. The number of hydrogen-bond acceptors (Lipinski definition) is 2. The van der Waals surface area contributed by atoms with E-state index in [4.69, 9.17) is 5.26 Å². The highest BCUT2D eigenvalue weighted by Crippen LogP contribution is 2.35. The molecule has 6 heteroatoms. The van der Waals surface area contributed by atoms with Crippen molar-refractivity contribution in [3.05, 3.63) is 29.5 Å². The molecule has 1 aromatic heterocycles. The Balaban J connectivity index is 2.74. The van der Waals surface area contributed by atoms with E-state index < -0.39 is 11.7 Å². The zero-order chi connectivity index (χ0) is 11.8. The smallest absolute Gasteiger partial charge is 0.280 e. The van der Waals surface area contributed by atoms with E-state index in [0.29, 0.717) is 0 Å². The summed E-state index contributed by atoms with van der Waals surface area (Å²) in [5.74, 6) is 0. The largest absolute Gasteiger partial charge is 0.417 e. The van der Waals surface area contributed by atoms with E-state index in [0.717, 1.165) is 6.07 Å². The summed E-state index contributed by atoms with van der Waals surface area (Å²) in [4.78, 5) is 0. The maximum absolute atomic E-state index is 12.7. The summed E-state index contributed by atoms with van der Waals surface area (Å²) >= 11 is 0. The maximum Gasteiger partial charge on any atom is 0.417 e.